The quantitative estimate of drug-likeness (QED) is 0.652. The minimum Gasteiger partial charge on any atom is -0.359 e. The van der Waals surface area contributed by atoms with Crippen LogP contribution in [0, 0.1) is 6.92 Å². The van der Waals surface area contributed by atoms with Crippen LogP contribution in [-0.2, 0) is 7.05 Å². The number of pyridine rings is 1. The molecule has 0 saturated heterocycles. The minimum absolute atomic E-state index is 0.333. The Morgan fingerprint density at radius 3 is 2.44 bits per heavy atom. The molecule has 2 heterocycles. The second-order valence-corrected chi connectivity index (χ2v) is 6.85. The molecular weight excluding hydrogens is 306 g/mol. The summed E-state index contributed by atoms with van der Waals surface area (Å²) in [4.78, 5) is 4.56. The fourth-order valence-corrected chi connectivity index (χ4v) is 3.64. The number of anilines is 1. The lowest BCUT2D eigenvalue weighted by atomic mass is 10.0. The highest BCUT2D eigenvalue weighted by Crippen LogP contribution is 2.33. The van der Waals surface area contributed by atoms with Crippen LogP contribution in [0.2, 0.25) is 0 Å². The lowest BCUT2D eigenvalue weighted by Crippen LogP contribution is -2.34. The van der Waals surface area contributed by atoms with Gasteiger partial charge in [-0.05, 0) is 43.0 Å². The SMILES string of the molecule is Cc1c(-c2cc3ccccc3c[n+]2C)cccc1N1C=CN(C)[C@@H]1C. The molecule has 0 unspecified atom stereocenters. The van der Waals surface area contributed by atoms with Crippen molar-refractivity contribution in [1.82, 2.24) is 4.90 Å². The van der Waals surface area contributed by atoms with Gasteiger partial charge in [0, 0.05) is 36.6 Å². The normalized spacial score (nSPS) is 16.9. The van der Waals surface area contributed by atoms with Crippen LogP contribution in [0.3, 0.4) is 0 Å². The van der Waals surface area contributed by atoms with Crippen molar-refractivity contribution in [3.63, 3.8) is 0 Å². The number of rotatable bonds is 2. The third kappa shape index (κ3) is 2.56. The van der Waals surface area contributed by atoms with E-state index in [0.717, 1.165) is 0 Å². The van der Waals surface area contributed by atoms with E-state index in [0.29, 0.717) is 6.17 Å². The molecule has 3 aromatic rings. The van der Waals surface area contributed by atoms with Gasteiger partial charge in [0.1, 0.15) is 13.2 Å². The van der Waals surface area contributed by atoms with Crippen LogP contribution < -0.4 is 9.47 Å². The monoisotopic (exact) mass is 330 g/mol. The van der Waals surface area contributed by atoms with Gasteiger partial charge in [-0.2, -0.15) is 0 Å². The molecule has 1 aromatic heterocycles. The molecule has 1 atom stereocenters. The number of fused-ring (bicyclic) bond motifs is 1. The van der Waals surface area contributed by atoms with Crippen LogP contribution in [-0.4, -0.2) is 18.1 Å². The molecule has 0 fully saturated rings. The van der Waals surface area contributed by atoms with Gasteiger partial charge >= 0.3 is 0 Å². The Morgan fingerprint density at radius 1 is 0.960 bits per heavy atom. The lowest BCUT2D eigenvalue weighted by molar-refractivity contribution is -0.659. The number of benzene rings is 2. The predicted octanol–water partition coefficient (Wildman–Crippen LogP) is 4.21. The highest BCUT2D eigenvalue weighted by molar-refractivity contribution is 5.84. The molecule has 0 amide bonds. The summed E-state index contributed by atoms with van der Waals surface area (Å²) >= 11 is 0. The molecule has 0 aliphatic carbocycles. The van der Waals surface area contributed by atoms with Crippen molar-refractivity contribution < 1.29 is 4.57 Å². The molecule has 25 heavy (non-hydrogen) atoms. The minimum atomic E-state index is 0.333. The second-order valence-electron chi connectivity index (χ2n) is 6.85. The van der Waals surface area contributed by atoms with Crippen molar-refractivity contribution in [2.24, 2.45) is 7.05 Å². The van der Waals surface area contributed by atoms with E-state index in [1.807, 2.05) is 0 Å². The standard InChI is InChI=1S/C22H24N3/c1-16-20(10-7-11-21(16)25-13-12-23(3)17(25)2)22-14-18-8-5-6-9-19(18)15-24(22)4/h5-15,17H,1-4H3/q+1/t17-/m0/s1. The molecule has 0 bridgehead atoms. The fourth-order valence-electron chi connectivity index (χ4n) is 3.64. The maximum Gasteiger partial charge on any atom is 0.213 e. The largest absolute Gasteiger partial charge is 0.359 e. The third-order valence-electron chi connectivity index (χ3n) is 5.31. The first-order chi connectivity index (χ1) is 12.1. The number of hydrogen-bond acceptors (Lipinski definition) is 2. The molecule has 1 aliphatic heterocycles. The van der Waals surface area contributed by atoms with Crippen LogP contribution >= 0.6 is 0 Å². The topological polar surface area (TPSA) is 10.4 Å². The van der Waals surface area contributed by atoms with Crippen molar-refractivity contribution in [1.29, 1.82) is 0 Å². The summed E-state index contributed by atoms with van der Waals surface area (Å²) in [6.07, 6.45) is 6.84. The summed E-state index contributed by atoms with van der Waals surface area (Å²) in [7, 11) is 4.24. The molecule has 3 nitrogen and oxygen atoms in total. The first kappa shape index (κ1) is 15.7. The zero-order valence-electron chi connectivity index (χ0n) is 15.3. The maximum absolute atomic E-state index is 2.33. The molecule has 4 rings (SSSR count). The van der Waals surface area contributed by atoms with Crippen LogP contribution in [0.5, 0.6) is 0 Å². The Morgan fingerprint density at radius 2 is 1.72 bits per heavy atom. The highest BCUT2D eigenvalue weighted by Gasteiger charge is 2.24. The summed E-state index contributed by atoms with van der Waals surface area (Å²) in [5.41, 5.74) is 5.09. The molecule has 126 valence electrons. The van der Waals surface area contributed by atoms with Gasteiger partial charge in [0.05, 0.1) is 5.56 Å². The number of aromatic nitrogens is 1. The van der Waals surface area contributed by atoms with Gasteiger partial charge in [0.15, 0.2) is 6.20 Å². The van der Waals surface area contributed by atoms with Gasteiger partial charge in [0.25, 0.3) is 0 Å². The van der Waals surface area contributed by atoms with Crippen molar-refractivity contribution in [2.45, 2.75) is 20.0 Å². The first-order valence-corrected chi connectivity index (χ1v) is 8.73. The smallest absolute Gasteiger partial charge is 0.213 e. The fraction of sp³-hybridized carbons (Fsp3) is 0.227. The Labute approximate surface area is 149 Å². The van der Waals surface area contributed by atoms with Crippen molar-refractivity contribution in [2.75, 3.05) is 11.9 Å². The zero-order valence-corrected chi connectivity index (χ0v) is 15.3. The Balaban J connectivity index is 1.86. The van der Waals surface area contributed by atoms with Crippen LogP contribution in [0.15, 0.2) is 67.1 Å². The average Bonchev–Trinajstić information content (AvgIpc) is 2.94. The summed E-state index contributed by atoms with van der Waals surface area (Å²) in [5, 5.41) is 2.54. The Kier molecular flexibility index (Phi) is 3.72. The van der Waals surface area contributed by atoms with E-state index >= 15 is 0 Å². The Bertz CT molecular complexity index is 974. The predicted molar refractivity (Wildman–Crippen MR) is 104 cm³/mol. The Hall–Kier alpha value is -2.81. The van der Waals surface area contributed by atoms with E-state index in [1.54, 1.807) is 0 Å². The lowest BCUT2D eigenvalue weighted by Gasteiger charge is -2.28. The molecular formula is C22H24N3+. The maximum atomic E-state index is 2.33. The van der Waals surface area contributed by atoms with E-state index in [1.165, 1.54) is 33.3 Å². The number of hydrogen-bond donors (Lipinski definition) is 0. The summed E-state index contributed by atoms with van der Waals surface area (Å²) in [6.45, 7) is 4.45. The molecule has 3 heteroatoms. The van der Waals surface area contributed by atoms with Gasteiger partial charge in [-0.1, -0.05) is 24.3 Å². The first-order valence-electron chi connectivity index (χ1n) is 8.73. The average molecular weight is 330 g/mol. The number of nitrogens with zero attached hydrogens (tertiary/aromatic N) is 3. The molecule has 0 spiro atoms. The van der Waals surface area contributed by atoms with Gasteiger partial charge < -0.3 is 9.80 Å². The van der Waals surface area contributed by atoms with Crippen LogP contribution in [0.1, 0.15) is 12.5 Å². The second kappa shape index (κ2) is 5.92. The van der Waals surface area contributed by atoms with Gasteiger partial charge in [-0.3, -0.25) is 0 Å². The molecule has 0 radical (unpaired) electrons. The summed E-state index contributed by atoms with van der Waals surface area (Å²) < 4.78 is 2.23. The third-order valence-corrected chi connectivity index (χ3v) is 5.31. The van der Waals surface area contributed by atoms with Gasteiger partial charge in [0.2, 0.25) is 5.69 Å². The van der Waals surface area contributed by atoms with Crippen LogP contribution in [0.25, 0.3) is 22.0 Å². The van der Waals surface area contributed by atoms with E-state index in [9.17, 15) is 0 Å². The van der Waals surface area contributed by atoms with Crippen LogP contribution in [0.4, 0.5) is 5.69 Å². The number of aryl methyl sites for hydroxylation is 1. The van der Waals surface area contributed by atoms with Crippen molar-refractivity contribution in [3.8, 4) is 11.3 Å². The molecule has 2 aromatic carbocycles. The van der Waals surface area contributed by atoms with Crippen molar-refractivity contribution in [3.05, 3.63) is 72.7 Å². The van der Waals surface area contributed by atoms with E-state index in [4.69, 9.17) is 0 Å². The van der Waals surface area contributed by atoms with Crippen molar-refractivity contribution >= 4 is 16.5 Å². The molecule has 0 saturated carbocycles. The summed E-state index contributed by atoms with van der Waals surface area (Å²) in [6, 6.07) is 17.4. The van der Waals surface area contributed by atoms with Gasteiger partial charge in [-0.15, -0.1) is 0 Å². The molecule has 1 aliphatic rings. The molecule has 0 N–H and O–H groups in total. The van der Waals surface area contributed by atoms with E-state index < -0.39 is 0 Å². The summed E-state index contributed by atoms with van der Waals surface area (Å²) in [5.74, 6) is 0. The highest BCUT2D eigenvalue weighted by atomic mass is 15.4. The van der Waals surface area contributed by atoms with Gasteiger partial charge in [-0.25, -0.2) is 4.57 Å². The zero-order chi connectivity index (χ0) is 17.6. The van der Waals surface area contributed by atoms with E-state index in [-0.39, 0.29) is 0 Å². The van der Waals surface area contributed by atoms with E-state index in [2.05, 4.69) is 109 Å².